The fourth-order valence-corrected chi connectivity index (χ4v) is 3.91. The van der Waals surface area contributed by atoms with Gasteiger partial charge >= 0.3 is 0 Å². The summed E-state index contributed by atoms with van der Waals surface area (Å²) in [5.74, 6) is 0.904. The Bertz CT molecular complexity index is 903. The number of aromatic amines is 1. The number of nitrogens with zero attached hydrogens (tertiary/aromatic N) is 1. The van der Waals surface area contributed by atoms with Crippen LogP contribution >= 0.6 is 11.6 Å². The summed E-state index contributed by atoms with van der Waals surface area (Å²) in [5.41, 5.74) is 5.00. The number of aryl methyl sites for hydroxylation is 1. The van der Waals surface area contributed by atoms with Gasteiger partial charge in [0.2, 0.25) is 0 Å². The van der Waals surface area contributed by atoms with Crippen LogP contribution in [0, 0.1) is 0 Å². The van der Waals surface area contributed by atoms with Crippen LogP contribution in [0.3, 0.4) is 0 Å². The molecule has 3 aromatic rings. The number of aromatic nitrogens is 2. The van der Waals surface area contributed by atoms with Crippen LogP contribution < -0.4 is 10.1 Å². The second-order valence-electron chi connectivity index (χ2n) is 6.89. The van der Waals surface area contributed by atoms with Crippen molar-refractivity contribution in [2.45, 2.75) is 31.7 Å². The van der Waals surface area contributed by atoms with Crippen LogP contribution in [0.4, 0.5) is 0 Å². The fraction of sp³-hybridized carbons (Fsp3) is 0.350. The maximum atomic E-state index is 5.89. The zero-order valence-corrected chi connectivity index (χ0v) is 15.3. The number of ether oxygens (including phenoxy) is 1. The summed E-state index contributed by atoms with van der Waals surface area (Å²) in [4.78, 5) is 7.84. The predicted molar refractivity (Wildman–Crippen MR) is 101 cm³/mol. The lowest BCUT2D eigenvalue weighted by Gasteiger charge is -2.35. The number of nitrogens with one attached hydrogen (secondary N) is 2. The van der Waals surface area contributed by atoms with Crippen molar-refractivity contribution in [1.29, 1.82) is 0 Å². The summed E-state index contributed by atoms with van der Waals surface area (Å²) in [7, 11) is 1.71. The molecule has 0 saturated heterocycles. The largest absolute Gasteiger partial charge is 0.497 e. The molecule has 3 heterocycles. The fourth-order valence-electron chi connectivity index (χ4n) is 3.80. The lowest BCUT2D eigenvalue weighted by Crippen LogP contribution is -2.45. The molecule has 130 valence electrons. The Morgan fingerprint density at radius 3 is 2.92 bits per heavy atom. The van der Waals surface area contributed by atoms with Crippen LogP contribution in [-0.2, 0) is 18.4 Å². The number of rotatable bonds is 4. The Morgan fingerprint density at radius 1 is 1.28 bits per heavy atom. The van der Waals surface area contributed by atoms with Gasteiger partial charge in [0.1, 0.15) is 10.9 Å². The molecular formula is C20H22ClN3O. The van der Waals surface area contributed by atoms with Crippen molar-refractivity contribution < 1.29 is 4.74 Å². The minimum Gasteiger partial charge on any atom is -0.497 e. The van der Waals surface area contributed by atoms with E-state index in [1.54, 1.807) is 7.11 Å². The second kappa shape index (κ2) is 6.36. The van der Waals surface area contributed by atoms with Gasteiger partial charge in [-0.3, -0.25) is 0 Å². The minimum absolute atomic E-state index is 0.0839. The molecule has 5 heteroatoms. The lowest BCUT2D eigenvalue weighted by atomic mass is 9.84. The summed E-state index contributed by atoms with van der Waals surface area (Å²) in [6, 6.07) is 10.2. The molecule has 0 amide bonds. The zero-order valence-electron chi connectivity index (χ0n) is 14.5. The highest BCUT2D eigenvalue weighted by Crippen LogP contribution is 2.37. The predicted octanol–water partition coefficient (Wildman–Crippen LogP) is 4.22. The molecule has 0 unspecified atom stereocenters. The van der Waals surface area contributed by atoms with Crippen molar-refractivity contribution in [2.75, 3.05) is 13.7 Å². The van der Waals surface area contributed by atoms with E-state index < -0.39 is 0 Å². The first kappa shape index (κ1) is 16.4. The van der Waals surface area contributed by atoms with E-state index in [9.17, 15) is 0 Å². The standard InChI is InChI=1S/C20H22ClN3O/c1-20(9-7-13-3-6-18(21)22-12-13)19-15(8-10-23-20)16-11-14(25-2)4-5-17(16)24-19/h3-6,11-12,23-24H,7-10H2,1-2H3/t20-/m1/s1. The number of methoxy groups -OCH3 is 1. The molecule has 0 saturated carbocycles. The van der Waals surface area contributed by atoms with E-state index in [0.29, 0.717) is 5.15 Å². The molecule has 0 aliphatic carbocycles. The highest BCUT2D eigenvalue weighted by Gasteiger charge is 2.34. The van der Waals surface area contributed by atoms with Crippen molar-refractivity contribution in [3.63, 3.8) is 0 Å². The molecule has 0 spiro atoms. The average molecular weight is 356 g/mol. The maximum absolute atomic E-state index is 5.89. The van der Waals surface area contributed by atoms with Crippen molar-refractivity contribution in [1.82, 2.24) is 15.3 Å². The smallest absolute Gasteiger partial charge is 0.129 e. The summed E-state index contributed by atoms with van der Waals surface area (Å²) in [6.45, 7) is 3.26. The highest BCUT2D eigenvalue weighted by molar-refractivity contribution is 6.29. The summed E-state index contributed by atoms with van der Waals surface area (Å²) in [6.07, 6.45) is 4.84. The summed E-state index contributed by atoms with van der Waals surface area (Å²) < 4.78 is 5.40. The van der Waals surface area contributed by atoms with Gasteiger partial charge < -0.3 is 15.0 Å². The molecule has 4 nitrogen and oxygen atoms in total. The summed E-state index contributed by atoms with van der Waals surface area (Å²) in [5, 5.41) is 5.53. The van der Waals surface area contributed by atoms with Gasteiger partial charge in [-0.25, -0.2) is 4.98 Å². The second-order valence-corrected chi connectivity index (χ2v) is 7.28. The number of H-pyrrole nitrogens is 1. The molecule has 0 fully saturated rings. The highest BCUT2D eigenvalue weighted by atomic mass is 35.5. The Hall–Kier alpha value is -2.04. The SMILES string of the molecule is COc1ccc2[nH]c3c(c2c1)CCN[C@]3(C)CCc1ccc(Cl)nc1. The third-order valence-electron chi connectivity index (χ3n) is 5.26. The Morgan fingerprint density at radius 2 is 2.16 bits per heavy atom. The molecule has 2 N–H and O–H groups in total. The number of hydrogen-bond donors (Lipinski definition) is 2. The van der Waals surface area contributed by atoms with Crippen LogP contribution in [0.15, 0.2) is 36.5 Å². The summed E-state index contributed by atoms with van der Waals surface area (Å²) >= 11 is 5.89. The minimum atomic E-state index is -0.0839. The van der Waals surface area contributed by atoms with Gasteiger partial charge in [0.25, 0.3) is 0 Å². The molecule has 1 aliphatic rings. The van der Waals surface area contributed by atoms with Crippen molar-refractivity contribution in [2.24, 2.45) is 0 Å². The van der Waals surface area contributed by atoms with Crippen molar-refractivity contribution in [3.8, 4) is 5.75 Å². The third-order valence-corrected chi connectivity index (χ3v) is 5.48. The van der Waals surface area contributed by atoms with E-state index in [4.69, 9.17) is 16.3 Å². The van der Waals surface area contributed by atoms with E-state index in [1.165, 1.54) is 27.7 Å². The van der Waals surface area contributed by atoms with E-state index in [2.05, 4.69) is 40.4 Å². The van der Waals surface area contributed by atoms with Gasteiger partial charge in [-0.15, -0.1) is 0 Å². The molecule has 4 rings (SSSR count). The van der Waals surface area contributed by atoms with Crippen LogP contribution in [0.5, 0.6) is 5.75 Å². The van der Waals surface area contributed by atoms with Crippen molar-refractivity contribution >= 4 is 22.5 Å². The number of halogens is 1. The Kier molecular flexibility index (Phi) is 4.18. The maximum Gasteiger partial charge on any atom is 0.129 e. The van der Waals surface area contributed by atoms with E-state index in [1.807, 2.05) is 18.3 Å². The molecule has 2 aromatic heterocycles. The third kappa shape index (κ3) is 3.00. The van der Waals surface area contributed by atoms with Gasteiger partial charge in [0.15, 0.2) is 0 Å². The molecule has 0 radical (unpaired) electrons. The molecule has 25 heavy (non-hydrogen) atoms. The van der Waals surface area contributed by atoms with Crippen LogP contribution in [0.1, 0.15) is 30.2 Å². The van der Waals surface area contributed by atoms with E-state index >= 15 is 0 Å². The zero-order chi connectivity index (χ0) is 17.4. The lowest BCUT2D eigenvalue weighted by molar-refractivity contribution is 0.316. The molecule has 1 aliphatic heterocycles. The quantitative estimate of drug-likeness (QED) is 0.689. The van der Waals surface area contributed by atoms with Gasteiger partial charge in [0, 0.05) is 29.3 Å². The number of fused-ring (bicyclic) bond motifs is 3. The van der Waals surface area contributed by atoms with Gasteiger partial charge in [-0.1, -0.05) is 17.7 Å². The molecule has 1 aromatic carbocycles. The normalized spacial score (nSPS) is 19.8. The van der Waals surface area contributed by atoms with Gasteiger partial charge in [-0.05, 0) is 61.6 Å². The van der Waals surface area contributed by atoms with Crippen molar-refractivity contribution in [3.05, 3.63) is 58.5 Å². The first-order chi connectivity index (χ1) is 12.1. The number of benzene rings is 1. The monoisotopic (exact) mass is 355 g/mol. The number of pyridine rings is 1. The van der Waals surface area contributed by atoms with E-state index in [0.717, 1.165) is 31.6 Å². The van der Waals surface area contributed by atoms with Crippen LogP contribution in [-0.4, -0.2) is 23.6 Å². The van der Waals surface area contributed by atoms with Crippen LogP contribution in [0.2, 0.25) is 5.15 Å². The molecule has 0 bridgehead atoms. The topological polar surface area (TPSA) is 49.9 Å². The first-order valence-electron chi connectivity index (χ1n) is 8.63. The average Bonchev–Trinajstić information content (AvgIpc) is 3.01. The van der Waals surface area contributed by atoms with E-state index in [-0.39, 0.29) is 5.54 Å². The Labute approximate surface area is 152 Å². The number of hydrogen-bond acceptors (Lipinski definition) is 3. The molecular weight excluding hydrogens is 334 g/mol. The first-order valence-corrected chi connectivity index (χ1v) is 9.01. The van der Waals surface area contributed by atoms with Crippen LogP contribution in [0.25, 0.3) is 10.9 Å². The Balaban J connectivity index is 1.66. The van der Waals surface area contributed by atoms with Gasteiger partial charge in [0.05, 0.1) is 12.6 Å². The van der Waals surface area contributed by atoms with Gasteiger partial charge in [-0.2, -0.15) is 0 Å². The molecule has 1 atom stereocenters.